The molecule has 0 heterocycles. The van der Waals surface area contributed by atoms with Gasteiger partial charge in [0, 0.05) is 12.0 Å². The molecule has 2 atom stereocenters. The summed E-state index contributed by atoms with van der Waals surface area (Å²) >= 11 is 0. The molecule has 0 aromatic carbocycles. The third kappa shape index (κ3) is 2.60. The van der Waals surface area contributed by atoms with Gasteiger partial charge >= 0.3 is 0 Å². The molecule has 0 bridgehead atoms. The number of nitrogens with two attached hydrogens (primary N) is 1. The van der Waals surface area contributed by atoms with Crippen LogP contribution in [0.2, 0.25) is 0 Å². The van der Waals surface area contributed by atoms with E-state index in [-0.39, 0.29) is 17.4 Å². The largest absolute Gasteiger partial charge is 0.325 e. The van der Waals surface area contributed by atoms with Crippen LogP contribution in [0.3, 0.4) is 0 Å². The first-order valence-corrected chi connectivity index (χ1v) is 7.69. The summed E-state index contributed by atoms with van der Waals surface area (Å²) in [5, 5.41) is 9.35. The zero-order valence-corrected chi connectivity index (χ0v) is 12.3. The number of hydrogen-bond acceptors (Lipinski definition) is 3. The number of likely N-dealkylation sites (N-methyl/N-ethyl adjacent to an activating group) is 1. The van der Waals surface area contributed by atoms with Crippen molar-refractivity contribution in [3.63, 3.8) is 0 Å². The Balaban J connectivity index is 2.15. The minimum Gasteiger partial charge on any atom is -0.325 e. The van der Waals surface area contributed by atoms with Gasteiger partial charge in [0.2, 0.25) is 5.91 Å². The maximum Gasteiger partial charge on any atom is 0.241 e. The normalized spacial score (nSPS) is 23.6. The van der Waals surface area contributed by atoms with E-state index in [1.165, 1.54) is 0 Å². The van der Waals surface area contributed by atoms with Crippen LogP contribution in [-0.4, -0.2) is 29.4 Å². The molecule has 0 saturated heterocycles. The SMILES string of the molecule is C=CC1(C(N)C(=O)N(CC)[C@H](C#N)C2CC2)CCCC1. The molecule has 4 nitrogen and oxygen atoms in total. The van der Waals surface area contributed by atoms with Crippen LogP contribution in [0.4, 0.5) is 0 Å². The Morgan fingerprint density at radius 3 is 2.55 bits per heavy atom. The van der Waals surface area contributed by atoms with E-state index in [2.05, 4.69) is 12.6 Å². The molecule has 2 aliphatic carbocycles. The van der Waals surface area contributed by atoms with Gasteiger partial charge in [0.25, 0.3) is 0 Å². The molecule has 2 N–H and O–H groups in total. The third-order valence-electron chi connectivity index (χ3n) is 4.99. The van der Waals surface area contributed by atoms with Crippen molar-refractivity contribution in [1.29, 1.82) is 5.26 Å². The molecule has 2 aliphatic rings. The van der Waals surface area contributed by atoms with E-state index < -0.39 is 6.04 Å². The molecular formula is C16H25N3O. The van der Waals surface area contributed by atoms with Gasteiger partial charge in [-0.1, -0.05) is 18.9 Å². The molecule has 2 saturated carbocycles. The van der Waals surface area contributed by atoms with Crippen molar-refractivity contribution in [2.24, 2.45) is 17.1 Å². The van der Waals surface area contributed by atoms with Gasteiger partial charge in [-0.25, -0.2) is 0 Å². The minimum atomic E-state index is -0.558. The van der Waals surface area contributed by atoms with Gasteiger partial charge in [-0.2, -0.15) is 5.26 Å². The lowest BCUT2D eigenvalue weighted by Gasteiger charge is -2.36. The van der Waals surface area contributed by atoms with Crippen LogP contribution in [0, 0.1) is 22.7 Å². The third-order valence-corrected chi connectivity index (χ3v) is 4.99. The van der Waals surface area contributed by atoms with E-state index in [1.807, 2.05) is 13.0 Å². The number of nitriles is 1. The fourth-order valence-corrected chi connectivity index (χ4v) is 3.43. The highest BCUT2D eigenvalue weighted by molar-refractivity contribution is 5.83. The lowest BCUT2D eigenvalue weighted by atomic mass is 9.78. The monoisotopic (exact) mass is 275 g/mol. The first-order chi connectivity index (χ1) is 9.59. The molecule has 0 aromatic heterocycles. The first-order valence-electron chi connectivity index (χ1n) is 7.69. The number of nitrogens with zero attached hydrogens (tertiary/aromatic N) is 2. The smallest absolute Gasteiger partial charge is 0.241 e. The summed E-state index contributed by atoms with van der Waals surface area (Å²) in [6, 6.07) is 1.43. The number of rotatable bonds is 6. The van der Waals surface area contributed by atoms with E-state index in [0.29, 0.717) is 12.5 Å². The highest BCUT2D eigenvalue weighted by Gasteiger charge is 2.45. The highest BCUT2D eigenvalue weighted by Crippen LogP contribution is 2.42. The predicted molar refractivity (Wildman–Crippen MR) is 78.6 cm³/mol. The Labute approximate surface area is 121 Å². The molecule has 4 heteroatoms. The number of hydrogen-bond donors (Lipinski definition) is 1. The van der Waals surface area contributed by atoms with Gasteiger partial charge in [-0.15, -0.1) is 6.58 Å². The molecule has 0 aliphatic heterocycles. The molecular weight excluding hydrogens is 250 g/mol. The molecule has 20 heavy (non-hydrogen) atoms. The first kappa shape index (κ1) is 15.1. The summed E-state index contributed by atoms with van der Waals surface area (Å²) in [7, 11) is 0. The highest BCUT2D eigenvalue weighted by atomic mass is 16.2. The van der Waals surface area contributed by atoms with Crippen LogP contribution in [0.25, 0.3) is 0 Å². The quantitative estimate of drug-likeness (QED) is 0.755. The standard InChI is InChI=1S/C16H25N3O/c1-3-16(9-5-6-10-16)14(18)15(20)19(4-2)13(11-17)12-7-8-12/h3,12-14H,1,4-10,18H2,2H3/t13-,14?/m1/s1. The van der Waals surface area contributed by atoms with E-state index in [1.54, 1.807) is 4.90 Å². The summed E-state index contributed by atoms with van der Waals surface area (Å²) in [5.41, 5.74) is 6.02. The van der Waals surface area contributed by atoms with Gasteiger partial charge in [-0.3, -0.25) is 4.79 Å². The van der Waals surface area contributed by atoms with Crippen LogP contribution >= 0.6 is 0 Å². The summed E-state index contributed by atoms with van der Waals surface area (Å²) in [6.45, 7) is 6.37. The maximum absolute atomic E-state index is 12.8. The lowest BCUT2D eigenvalue weighted by Crippen LogP contribution is -2.54. The second-order valence-electron chi connectivity index (χ2n) is 6.16. The van der Waals surface area contributed by atoms with E-state index in [4.69, 9.17) is 5.73 Å². The van der Waals surface area contributed by atoms with Gasteiger partial charge in [0.05, 0.1) is 12.1 Å². The molecule has 2 rings (SSSR count). The van der Waals surface area contributed by atoms with Crippen molar-refractivity contribution in [2.45, 2.75) is 57.5 Å². The van der Waals surface area contributed by atoms with Crippen molar-refractivity contribution in [3.05, 3.63) is 12.7 Å². The molecule has 0 spiro atoms. The fourth-order valence-electron chi connectivity index (χ4n) is 3.43. The average molecular weight is 275 g/mol. The van der Waals surface area contributed by atoms with Crippen molar-refractivity contribution >= 4 is 5.91 Å². The van der Waals surface area contributed by atoms with E-state index >= 15 is 0 Å². The van der Waals surface area contributed by atoms with Gasteiger partial charge in [0.1, 0.15) is 6.04 Å². The fraction of sp³-hybridized carbons (Fsp3) is 0.750. The number of carbonyl (C=O) groups excluding carboxylic acids is 1. The Bertz CT molecular complexity index is 416. The molecule has 1 unspecified atom stereocenters. The summed E-state index contributed by atoms with van der Waals surface area (Å²) in [4.78, 5) is 14.4. The molecule has 1 amide bonds. The molecule has 0 aromatic rings. The average Bonchev–Trinajstić information content (AvgIpc) is 3.19. The number of carbonyl (C=O) groups is 1. The van der Waals surface area contributed by atoms with Crippen LogP contribution < -0.4 is 5.73 Å². The van der Waals surface area contributed by atoms with Crippen molar-refractivity contribution < 1.29 is 4.79 Å². The lowest BCUT2D eigenvalue weighted by molar-refractivity contribution is -0.136. The van der Waals surface area contributed by atoms with Gasteiger partial charge in [0.15, 0.2) is 0 Å². The van der Waals surface area contributed by atoms with E-state index in [9.17, 15) is 10.1 Å². The Kier molecular flexibility index (Phi) is 4.49. The number of amides is 1. The zero-order valence-electron chi connectivity index (χ0n) is 12.3. The Morgan fingerprint density at radius 2 is 2.15 bits per heavy atom. The predicted octanol–water partition coefficient (Wildman–Crippen LogP) is 2.21. The van der Waals surface area contributed by atoms with E-state index in [0.717, 1.165) is 38.5 Å². The minimum absolute atomic E-state index is 0.0762. The summed E-state index contributed by atoms with van der Waals surface area (Å²) in [6.07, 6.45) is 8.03. The summed E-state index contributed by atoms with van der Waals surface area (Å²) in [5.74, 6) is 0.270. The van der Waals surface area contributed by atoms with Crippen LogP contribution in [0.5, 0.6) is 0 Å². The second-order valence-corrected chi connectivity index (χ2v) is 6.16. The van der Waals surface area contributed by atoms with Crippen LogP contribution in [-0.2, 0) is 4.79 Å². The van der Waals surface area contributed by atoms with Gasteiger partial charge < -0.3 is 10.6 Å². The maximum atomic E-state index is 12.8. The van der Waals surface area contributed by atoms with Gasteiger partial charge in [-0.05, 0) is 38.5 Å². The molecule has 2 fully saturated rings. The molecule has 0 radical (unpaired) electrons. The van der Waals surface area contributed by atoms with Crippen molar-refractivity contribution in [1.82, 2.24) is 4.90 Å². The zero-order chi connectivity index (χ0) is 14.8. The van der Waals surface area contributed by atoms with Crippen LogP contribution in [0.1, 0.15) is 45.4 Å². The Morgan fingerprint density at radius 1 is 1.55 bits per heavy atom. The topological polar surface area (TPSA) is 70.1 Å². The molecule has 110 valence electrons. The second kappa shape index (κ2) is 5.97. The Hall–Kier alpha value is -1.34. The van der Waals surface area contributed by atoms with Crippen LogP contribution in [0.15, 0.2) is 12.7 Å². The van der Waals surface area contributed by atoms with Crippen molar-refractivity contribution in [2.75, 3.05) is 6.54 Å². The summed E-state index contributed by atoms with van der Waals surface area (Å²) < 4.78 is 0. The van der Waals surface area contributed by atoms with Crippen molar-refractivity contribution in [3.8, 4) is 6.07 Å².